The number of piperazine rings is 1. The molecule has 9 heteroatoms. The van der Waals surface area contributed by atoms with E-state index in [0.717, 1.165) is 48.9 Å². The van der Waals surface area contributed by atoms with Crippen molar-refractivity contribution in [3.8, 4) is 0 Å². The molecule has 0 amide bonds. The molecule has 0 unspecified atom stereocenters. The molecule has 5 nitrogen and oxygen atoms in total. The zero-order valence-corrected chi connectivity index (χ0v) is 19.3. The van der Waals surface area contributed by atoms with Crippen molar-refractivity contribution in [1.82, 2.24) is 9.62 Å². The summed E-state index contributed by atoms with van der Waals surface area (Å²) in [6.45, 7) is 4.85. The minimum Gasteiger partial charge on any atom is -0.369 e. The molecule has 3 aromatic rings. The van der Waals surface area contributed by atoms with E-state index in [9.17, 15) is 17.2 Å². The number of halogens is 2. The van der Waals surface area contributed by atoms with E-state index < -0.39 is 21.9 Å². The fraction of sp³-hybridized carbons (Fsp3) is 0.304. The monoisotopic (exact) mass is 477 g/mol. The van der Waals surface area contributed by atoms with Crippen LogP contribution in [0.15, 0.2) is 70.9 Å². The van der Waals surface area contributed by atoms with Crippen LogP contribution in [0.4, 0.5) is 14.5 Å². The Morgan fingerprint density at radius 3 is 2.06 bits per heavy atom. The van der Waals surface area contributed by atoms with Gasteiger partial charge in [0.15, 0.2) is 0 Å². The molecule has 170 valence electrons. The van der Waals surface area contributed by atoms with Gasteiger partial charge in [-0.1, -0.05) is 6.07 Å². The Kier molecular flexibility index (Phi) is 6.90. The Balaban J connectivity index is 1.49. The summed E-state index contributed by atoms with van der Waals surface area (Å²) in [7, 11) is -3.79. The molecule has 4 rings (SSSR count). The van der Waals surface area contributed by atoms with E-state index in [1.54, 1.807) is 23.5 Å². The Labute approximate surface area is 191 Å². The molecule has 1 aliphatic rings. The summed E-state index contributed by atoms with van der Waals surface area (Å²) < 4.78 is 55.0. The summed E-state index contributed by atoms with van der Waals surface area (Å²) in [4.78, 5) is 5.60. The predicted octanol–water partition coefficient (Wildman–Crippen LogP) is 4.26. The number of hydrogen-bond donors (Lipinski definition) is 1. The first-order valence-corrected chi connectivity index (χ1v) is 12.8. The van der Waals surface area contributed by atoms with Gasteiger partial charge in [0.2, 0.25) is 10.0 Å². The zero-order chi connectivity index (χ0) is 22.7. The van der Waals surface area contributed by atoms with Crippen LogP contribution in [0.25, 0.3) is 0 Å². The molecular weight excluding hydrogens is 452 g/mol. The third-order valence-corrected chi connectivity index (χ3v) is 8.19. The molecule has 1 saturated heterocycles. The number of thiophene rings is 1. The van der Waals surface area contributed by atoms with Crippen molar-refractivity contribution in [1.29, 1.82) is 0 Å². The number of nitrogens with one attached hydrogen (secondary N) is 1. The van der Waals surface area contributed by atoms with Crippen LogP contribution in [0, 0.1) is 11.6 Å². The fourth-order valence-corrected chi connectivity index (χ4v) is 6.32. The maximum Gasteiger partial charge on any atom is 0.240 e. The Morgan fingerprint density at radius 1 is 0.906 bits per heavy atom. The van der Waals surface area contributed by atoms with Gasteiger partial charge in [0.05, 0.1) is 10.9 Å². The highest BCUT2D eigenvalue weighted by Crippen LogP contribution is 2.31. The molecule has 1 aliphatic heterocycles. The largest absolute Gasteiger partial charge is 0.369 e. The molecule has 0 spiro atoms. The fourth-order valence-electron chi connectivity index (χ4n) is 4.10. The maximum absolute atomic E-state index is 13.2. The SMILES string of the molecule is C[C@@H](NS(=O)(=O)c1ccc(F)cc1)[C@H](c1cccs1)N1CCN(c2ccc(F)cc2)CC1. The normalized spacial score (nSPS) is 17.3. The molecule has 2 heterocycles. The average Bonchev–Trinajstić information content (AvgIpc) is 3.29. The van der Waals surface area contributed by atoms with Crippen LogP contribution in [0.5, 0.6) is 0 Å². The molecule has 0 aliphatic carbocycles. The highest BCUT2D eigenvalue weighted by molar-refractivity contribution is 7.89. The van der Waals surface area contributed by atoms with Crippen molar-refractivity contribution in [2.75, 3.05) is 31.1 Å². The second-order valence-electron chi connectivity index (χ2n) is 7.82. The lowest BCUT2D eigenvalue weighted by Crippen LogP contribution is -2.52. The molecule has 0 bridgehead atoms. The van der Waals surface area contributed by atoms with Gasteiger partial charge in [0, 0.05) is 42.8 Å². The number of hydrogen-bond acceptors (Lipinski definition) is 5. The second-order valence-corrected chi connectivity index (χ2v) is 10.5. The van der Waals surface area contributed by atoms with Gasteiger partial charge in [0.1, 0.15) is 11.6 Å². The highest BCUT2D eigenvalue weighted by Gasteiger charge is 2.32. The second kappa shape index (κ2) is 9.66. The lowest BCUT2D eigenvalue weighted by Gasteiger charge is -2.42. The molecule has 0 saturated carbocycles. The van der Waals surface area contributed by atoms with E-state index in [1.807, 2.05) is 24.4 Å². The summed E-state index contributed by atoms with van der Waals surface area (Å²) in [5, 5.41) is 1.98. The summed E-state index contributed by atoms with van der Waals surface area (Å²) >= 11 is 1.59. The third-order valence-electron chi connectivity index (χ3n) is 5.67. The molecular formula is C23H25F2N3O2S2. The van der Waals surface area contributed by atoms with E-state index in [1.165, 1.54) is 24.3 Å². The number of benzene rings is 2. The van der Waals surface area contributed by atoms with Gasteiger partial charge in [-0.15, -0.1) is 11.3 Å². The first kappa shape index (κ1) is 22.8. The third kappa shape index (κ3) is 5.17. The molecule has 1 aromatic heterocycles. The molecule has 2 atom stereocenters. The summed E-state index contributed by atoms with van der Waals surface area (Å²) in [6.07, 6.45) is 0. The van der Waals surface area contributed by atoms with Gasteiger partial charge in [0.25, 0.3) is 0 Å². The topological polar surface area (TPSA) is 52.7 Å². The minimum absolute atomic E-state index is 0.0387. The summed E-state index contributed by atoms with van der Waals surface area (Å²) in [5.41, 5.74) is 0.976. The van der Waals surface area contributed by atoms with E-state index in [0.29, 0.717) is 0 Å². The molecule has 1 fully saturated rings. The first-order valence-electron chi connectivity index (χ1n) is 10.4. The van der Waals surface area contributed by atoms with Crippen molar-refractivity contribution in [3.05, 3.63) is 82.6 Å². The van der Waals surface area contributed by atoms with Crippen LogP contribution >= 0.6 is 11.3 Å². The van der Waals surface area contributed by atoms with Crippen LogP contribution in [0.3, 0.4) is 0 Å². The molecule has 0 radical (unpaired) electrons. The molecule has 32 heavy (non-hydrogen) atoms. The van der Waals surface area contributed by atoms with Gasteiger partial charge in [-0.25, -0.2) is 21.9 Å². The van der Waals surface area contributed by atoms with E-state index >= 15 is 0 Å². The lowest BCUT2D eigenvalue weighted by molar-refractivity contribution is 0.164. The highest BCUT2D eigenvalue weighted by atomic mass is 32.2. The predicted molar refractivity (Wildman–Crippen MR) is 123 cm³/mol. The minimum atomic E-state index is -3.79. The average molecular weight is 478 g/mol. The van der Waals surface area contributed by atoms with Gasteiger partial charge >= 0.3 is 0 Å². The van der Waals surface area contributed by atoms with E-state index in [4.69, 9.17) is 0 Å². The van der Waals surface area contributed by atoms with Crippen molar-refractivity contribution in [2.24, 2.45) is 0 Å². The van der Waals surface area contributed by atoms with Gasteiger partial charge < -0.3 is 4.90 Å². The molecule has 1 N–H and O–H groups in total. The van der Waals surface area contributed by atoms with Crippen LogP contribution in [0.2, 0.25) is 0 Å². The number of anilines is 1. The Morgan fingerprint density at radius 2 is 1.50 bits per heavy atom. The summed E-state index contributed by atoms with van der Waals surface area (Å²) in [5.74, 6) is -0.736. The zero-order valence-electron chi connectivity index (χ0n) is 17.6. The number of nitrogens with zero attached hydrogens (tertiary/aromatic N) is 2. The quantitative estimate of drug-likeness (QED) is 0.553. The van der Waals surface area contributed by atoms with Crippen LogP contribution in [-0.2, 0) is 10.0 Å². The number of sulfonamides is 1. The number of rotatable bonds is 7. The van der Waals surface area contributed by atoms with E-state index in [2.05, 4.69) is 14.5 Å². The van der Waals surface area contributed by atoms with Crippen molar-refractivity contribution >= 4 is 27.0 Å². The standard InChI is InChI=1S/C23H25F2N3O2S2/c1-17(26-32(29,30)21-10-6-19(25)7-11-21)23(22-3-2-16-31-22)28-14-12-27(13-15-28)20-8-4-18(24)5-9-20/h2-11,16-17,23,26H,12-15H2,1H3/t17-,23-/m1/s1. The van der Waals surface area contributed by atoms with Crippen molar-refractivity contribution in [2.45, 2.75) is 23.9 Å². The van der Waals surface area contributed by atoms with Crippen molar-refractivity contribution < 1.29 is 17.2 Å². The van der Waals surface area contributed by atoms with Crippen LogP contribution in [-0.4, -0.2) is 45.5 Å². The van der Waals surface area contributed by atoms with Gasteiger partial charge in [-0.05, 0) is 66.9 Å². The van der Waals surface area contributed by atoms with E-state index in [-0.39, 0.29) is 16.8 Å². The smallest absolute Gasteiger partial charge is 0.240 e. The van der Waals surface area contributed by atoms with Gasteiger partial charge in [-0.3, -0.25) is 4.90 Å². The first-order chi connectivity index (χ1) is 15.3. The van der Waals surface area contributed by atoms with Crippen molar-refractivity contribution in [3.63, 3.8) is 0 Å². The maximum atomic E-state index is 13.2. The Bertz CT molecular complexity index is 1110. The summed E-state index contributed by atoms with van der Waals surface area (Å²) in [6, 6.07) is 14.7. The van der Waals surface area contributed by atoms with Gasteiger partial charge in [-0.2, -0.15) is 0 Å². The Hall–Kier alpha value is -2.33. The molecule has 2 aromatic carbocycles. The van der Waals surface area contributed by atoms with Crippen LogP contribution < -0.4 is 9.62 Å². The lowest BCUT2D eigenvalue weighted by atomic mass is 10.1. The van der Waals surface area contributed by atoms with Crippen LogP contribution in [0.1, 0.15) is 17.8 Å².